The summed E-state index contributed by atoms with van der Waals surface area (Å²) in [5.74, 6) is 0. The van der Waals surface area contributed by atoms with E-state index in [4.69, 9.17) is 10.5 Å². The first-order chi connectivity index (χ1) is 9.88. The van der Waals surface area contributed by atoms with Gasteiger partial charge in [0.25, 0.3) is 0 Å². The molecule has 1 aromatic heterocycles. The average molecular weight is 272 g/mol. The summed E-state index contributed by atoms with van der Waals surface area (Å²) in [7, 11) is 0. The predicted molar refractivity (Wildman–Crippen MR) is 82.9 cm³/mol. The molecule has 20 heavy (non-hydrogen) atoms. The SMILES string of the molecule is NCCc1cccc2ccn(CCCC3CCCO3)c12. The van der Waals surface area contributed by atoms with Crippen molar-refractivity contribution in [3.63, 3.8) is 0 Å². The number of para-hydroxylation sites is 1. The third-order valence-corrected chi connectivity index (χ3v) is 4.23. The van der Waals surface area contributed by atoms with Crippen LogP contribution in [0.2, 0.25) is 0 Å². The number of aromatic nitrogens is 1. The van der Waals surface area contributed by atoms with Gasteiger partial charge in [-0.05, 0) is 55.7 Å². The molecular weight excluding hydrogens is 248 g/mol. The zero-order valence-corrected chi connectivity index (χ0v) is 12.1. The van der Waals surface area contributed by atoms with Crippen LogP contribution >= 0.6 is 0 Å². The second-order valence-electron chi connectivity index (χ2n) is 5.68. The highest BCUT2D eigenvalue weighted by atomic mass is 16.5. The van der Waals surface area contributed by atoms with Gasteiger partial charge in [0.05, 0.1) is 11.6 Å². The van der Waals surface area contributed by atoms with Gasteiger partial charge in [-0.1, -0.05) is 18.2 Å². The molecule has 1 aliphatic rings. The Balaban J connectivity index is 1.70. The summed E-state index contributed by atoms with van der Waals surface area (Å²) in [5.41, 5.74) is 8.46. The minimum Gasteiger partial charge on any atom is -0.378 e. The maximum absolute atomic E-state index is 5.73. The smallest absolute Gasteiger partial charge is 0.0576 e. The topological polar surface area (TPSA) is 40.2 Å². The fourth-order valence-corrected chi connectivity index (χ4v) is 3.25. The van der Waals surface area contributed by atoms with Crippen molar-refractivity contribution >= 4 is 10.9 Å². The first-order valence-corrected chi connectivity index (χ1v) is 7.77. The predicted octanol–water partition coefficient (Wildman–Crippen LogP) is 3.10. The molecular formula is C17H24N2O. The van der Waals surface area contributed by atoms with Crippen molar-refractivity contribution in [2.75, 3.05) is 13.2 Å². The van der Waals surface area contributed by atoms with E-state index in [1.165, 1.54) is 42.1 Å². The highest BCUT2D eigenvalue weighted by Crippen LogP contribution is 2.22. The number of hydrogen-bond donors (Lipinski definition) is 1. The lowest BCUT2D eigenvalue weighted by Gasteiger charge is -2.12. The Labute approximate surface area is 120 Å². The number of ether oxygens (including phenoxy) is 1. The van der Waals surface area contributed by atoms with E-state index in [0.717, 1.165) is 19.6 Å². The Morgan fingerprint density at radius 1 is 1.30 bits per heavy atom. The number of rotatable bonds is 6. The van der Waals surface area contributed by atoms with E-state index in [1.807, 2.05) is 0 Å². The van der Waals surface area contributed by atoms with E-state index < -0.39 is 0 Å². The van der Waals surface area contributed by atoms with Crippen LogP contribution < -0.4 is 5.73 Å². The normalized spacial score (nSPS) is 18.9. The van der Waals surface area contributed by atoms with E-state index in [2.05, 4.69) is 35.0 Å². The maximum atomic E-state index is 5.73. The minimum atomic E-state index is 0.500. The van der Waals surface area contributed by atoms with E-state index in [9.17, 15) is 0 Å². The van der Waals surface area contributed by atoms with Crippen LogP contribution in [-0.4, -0.2) is 23.8 Å². The van der Waals surface area contributed by atoms with E-state index in [0.29, 0.717) is 12.6 Å². The Morgan fingerprint density at radius 2 is 2.25 bits per heavy atom. The summed E-state index contributed by atoms with van der Waals surface area (Å²) < 4.78 is 8.08. The molecule has 1 fully saturated rings. The number of nitrogens with two attached hydrogens (primary N) is 1. The molecule has 0 radical (unpaired) electrons. The number of aryl methyl sites for hydroxylation is 1. The highest BCUT2D eigenvalue weighted by Gasteiger charge is 2.15. The van der Waals surface area contributed by atoms with Gasteiger partial charge in [-0.15, -0.1) is 0 Å². The van der Waals surface area contributed by atoms with Crippen molar-refractivity contribution in [3.8, 4) is 0 Å². The van der Waals surface area contributed by atoms with Crippen molar-refractivity contribution < 1.29 is 4.74 Å². The number of benzene rings is 1. The van der Waals surface area contributed by atoms with Crippen LogP contribution in [0.1, 0.15) is 31.2 Å². The zero-order valence-electron chi connectivity index (χ0n) is 12.1. The molecule has 1 unspecified atom stereocenters. The van der Waals surface area contributed by atoms with Crippen LogP contribution in [0.15, 0.2) is 30.5 Å². The highest BCUT2D eigenvalue weighted by molar-refractivity contribution is 5.83. The number of fused-ring (bicyclic) bond motifs is 1. The largest absolute Gasteiger partial charge is 0.378 e. The van der Waals surface area contributed by atoms with Crippen molar-refractivity contribution in [1.82, 2.24) is 4.57 Å². The van der Waals surface area contributed by atoms with Gasteiger partial charge in [0.2, 0.25) is 0 Å². The van der Waals surface area contributed by atoms with Gasteiger partial charge in [-0.3, -0.25) is 0 Å². The molecule has 1 aromatic carbocycles. The molecule has 2 aromatic rings. The van der Waals surface area contributed by atoms with Gasteiger partial charge in [-0.25, -0.2) is 0 Å². The van der Waals surface area contributed by atoms with Crippen molar-refractivity contribution in [2.45, 2.75) is 44.8 Å². The maximum Gasteiger partial charge on any atom is 0.0576 e. The molecule has 1 aliphatic heterocycles. The fraction of sp³-hybridized carbons (Fsp3) is 0.529. The van der Waals surface area contributed by atoms with Gasteiger partial charge >= 0.3 is 0 Å². The molecule has 2 N–H and O–H groups in total. The molecule has 0 spiro atoms. The third-order valence-electron chi connectivity index (χ3n) is 4.23. The van der Waals surface area contributed by atoms with E-state index >= 15 is 0 Å². The lowest BCUT2D eigenvalue weighted by Crippen LogP contribution is -2.08. The molecule has 1 saturated heterocycles. The Bertz CT molecular complexity index is 555. The molecule has 0 saturated carbocycles. The van der Waals surface area contributed by atoms with Crippen molar-refractivity contribution in [2.24, 2.45) is 5.73 Å². The van der Waals surface area contributed by atoms with Crippen LogP contribution in [0.4, 0.5) is 0 Å². The van der Waals surface area contributed by atoms with Crippen LogP contribution in [0.3, 0.4) is 0 Å². The van der Waals surface area contributed by atoms with Crippen LogP contribution in [-0.2, 0) is 17.7 Å². The number of nitrogens with zero attached hydrogens (tertiary/aromatic N) is 1. The Morgan fingerprint density at radius 3 is 3.05 bits per heavy atom. The van der Waals surface area contributed by atoms with Crippen LogP contribution in [0.25, 0.3) is 10.9 Å². The molecule has 0 amide bonds. The zero-order chi connectivity index (χ0) is 13.8. The molecule has 2 heterocycles. The third kappa shape index (κ3) is 2.89. The Hall–Kier alpha value is -1.32. The van der Waals surface area contributed by atoms with Crippen molar-refractivity contribution in [1.29, 1.82) is 0 Å². The first kappa shape index (κ1) is 13.7. The molecule has 1 atom stereocenters. The summed E-state index contributed by atoms with van der Waals surface area (Å²) in [6.45, 7) is 2.74. The van der Waals surface area contributed by atoms with Crippen LogP contribution in [0, 0.1) is 0 Å². The molecule has 0 bridgehead atoms. The van der Waals surface area contributed by atoms with Gasteiger partial charge < -0.3 is 15.0 Å². The lowest BCUT2D eigenvalue weighted by molar-refractivity contribution is 0.101. The van der Waals surface area contributed by atoms with Gasteiger partial charge in [-0.2, -0.15) is 0 Å². The molecule has 3 rings (SSSR count). The standard InChI is InChI=1S/C17H24N2O/c18-10-8-14-4-1-5-15-9-12-19(17(14)15)11-2-6-16-7-3-13-20-16/h1,4-5,9,12,16H,2-3,6-8,10-11,13,18H2. The fourth-order valence-electron chi connectivity index (χ4n) is 3.25. The lowest BCUT2D eigenvalue weighted by atomic mass is 10.1. The molecule has 3 nitrogen and oxygen atoms in total. The van der Waals surface area contributed by atoms with E-state index in [1.54, 1.807) is 0 Å². The quantitative estimate of drug-likeness (QED) is 0.877. The summed E-state index contributed by atoms with van der Waals surface area (Å²) >= 11 is 0. The van der Waals surface area contributed by atoms with Gasteiger partial charge in [0.1, 0.15) is 0 Å². The van der Waals surface area contributed by atoms with Crippen LogP contribution in [0.5, 0.6) is 0 Å². The monoisotopic (exact) mass is 272 g/mol. The second kappa shape index (κ2) is 6.42. The molecule has 3 heteroatoms. The first-order valence-electron chi connectivity index (χ1n) is 7.77. The summed E-state index contributed by atoms with van der Waals surface area (Å²) in [5, 5.41) is 1.33. The van der Waals surface area contributed by atoms with Crippen molar-refractivity contribution in [3.05, 3.63) is 36.0 Å². The summed E-state index contributed by atoms with van der Waals surface area (Å²) in [6, 6.07) is 8.73. The second-order valence-corrected chi connectivity index (χ2v) is 5.68. The molecule has 108 valence electrons. The summed E-state index contributed by atoms with van der Waals surface area (Å²) in [6.07, 6.45) is 8.50. The van der Waals surface area contributed by atoms with Gasteiger partial charge in [0, 0.05) is 19.3 Å². The van der Waals surface area contributed by atoms with Gasteiger partial charge in [0.15, 0.2) is 0 Å². The average Bonchev–Trinajstić information content (AvgIpc) is 3.10. The minimum absolute atomic E-state index is 0.500. The van der Waals surface area contributed by atoms with E-state index in [-0.39, 0.29) is 0 Å². The Kier molecular flexibility index (Phi) is 4.38. The summed E-state index contributed by atoms with van der Waals surface area (Å²) in [4.78, 5) is 0. The number of hydrogen-bond acceptors (Lipinski definition) is 2. The molecule has 0 aliphatic carbocycles.